The SMILES string of the molecule is COC(=O)COCCOCCNC(=O)COCCOCCNC(=O)CCNC(=O)c1cnc(NS(=O)(=O)c2ccc(Oc3ccc(CCCCCCCCCCCCCC(=O)O)cc3)cc2)nc1. The van der Waals surface area contributed by atoms with Crippen LogP contribution in [0.1, 0.15) is 99.4 Å². The quantitative estimate of drug-likeness (QED) is 0.0373. The topological polar surface area (TPSA) is 269 Å². The molecule has 0 bridgehead atoms. The number of rotatable bonds is 39. The lowest BCUT2D eigenvalue weighted by Crippen LogP contribution is -2.32. The molecule has 0 fully saturated rings. The summed E-state index contributed by atoms with van der Waals surface area (Å²) in [5.74, 6) is -1.49. The van der Waals surface area contributed by atoms with Crippen molar-refractivity contribution in [3.05, 3.63) is 72.1 Å². The van der Waals surface area contributed by atoms with Gasteiger partial charge in [0.15, 0.2) is 0 Å². The zero-order chi connectivity index (χ0) is 49.1. The van der Waals surface area contributed by atoms with Crippen molar-refractivity contribution < 1.29 is 65.9 Å². The van der Waals surface area contributed by atoms with Crippen molar-refractivity contribution >= 4 is 45.6 Å². The molecule has 0 aliphatic rings. The van der Waals surface area contributed by atoms with Gasteiger partial charge in [-0.25, -0.2) is 27.9 Å². The number of sulfonamides is 1. The fourth-order valence-electron chi connectivity index (χ4n) is 6.30. The number of carbonyl (C=O) groups is 5. The summed E-state index contributed by atoms with van der Waals surface area (Å²) < 4.78 is 59.7. The van der Waals surface area contributed by atoms with Crippen molar-refractivity contribution in [1.82, 2.24) is 25.9 Å². The molecule has 21 heteroatoms. The lowest BCUT2D eigenvalue weighted by atomic mass is 10.0. The van der Waals surface area contributed by atoms with E-state index in [0.717, 1.165) is 32.1 Å². The molecular weight excluding hydrogens is 905 g/mol. The van der Waals surface area contributed by atoms with Gasteiger partial charge in [0.1, 0.15) is 24.7 Å². The van der Waals surface area contributed by atoms with Crippen molar-refractivity contribution in [2.75, 3.05) is 84.3 Å². The number of nitrogens with zero attached hydrogens (tertiary/aromatic N) is 2. The molecule has 0 spiro atoms. The third-order valence-electron chi connectivity index (χ3n) is 9.99. The monoisotopic (exact) mass is 972 g/mol. The molecule has 3 amide bonds. The van der Waals surface area contributed by atoms with Gasteiger partial charge in [0, 0.05) is 44.9 Å². The predicted octanol–water partition coefficient (Wildman–Crippen LogP) is 4.97. The Labute approximate surface area is 399 Å². The highest BCUT2D eigenvalue weighted by molar-refractivity contribution is 7.92. The van der Waals surface area contributed by atoms with Gasteiger partial charge in [0.25, 0.3) is 15.9 Å². The van der Waals surface area contributed by atoms with Gasteiger partial charge < -0.3 is 49.5 Å². The second-order valence-electron chi connectivity index (χ2n) is 15.5. The number of methoxy groups -OCH3 is 1. The molecule has 0 saturated carbocycles. The molecule has 0 saturated heterocycles. The Balaban J connectivity index is 1.20. The number of esters is 1. The minimum Gasteiger partial charge on any atom is -0.481 e. The molecule has 2 aromatic carbocycles. The number of nitrogens with one attached hydrogen (secondary N) is 4. The largest absolute Gasteiger partial charge is 0.481 e. The van der Waals surface area contributed by atoms with Gasteiger partial charge >= 0.3 is 11.9 Å². The number of benzene rings is 2. The average Bonchev–Trinajstić information content (AvgIpc) is 3.32. The fraction of sp³-hybridized carbons (Fsp3) is 0.553. The number of aliphatic carboxylic acids is 1. The molecule has 376 valence electrons. The number of amides is 3. The van der Waals surface area contributed by atoms with E-state index < -0.39 is 27.9 Å². The first-order chi connectivity index (χ1) is 32.9. The van der Waals surface area contributed by atoms with Crippen molar-refractivity contribution in [2.45, 2.75) is 94.8 Å². The fourth-order valence-corrected chi connectivity index (χ4v) is 7.25. The molecular formula is C47H68N6O14S. The van der Waals surface area contributed by atoms with E-state index in [4.69, 9.17) is 28.8 Å². The van der Waals surface area contributed by atoms with Crippen LogP contribution in [0, 0.1) is 0 Å². The third kappa shape index (κ3) is 26.6. The van der Waals surface area contributed by atoms with E-state index in [0.29, 0.717) is 11.5 Å². The Bertz CT molecular complexity index is 2020. The van der Waals surface area contributed by atoms with E-state index >= 15 is 0 Å². The number of aromatic nitrogens is 2. The normalized spacial score (nSPS) is 11.1. The van der Waals surface area contributed by atoms with Crippen molar-refractivity contribution in [1.29, 1.82) is 0 Å². The number of hydrogen-bond donors (Lipinski definition) is 5. The first kappa shape index (κ1) is 56.6. The highest BCUT2D eigenvalue weighted by atomic mass is 32.2. The number of carbonyl (C=O) groups excluding carboxylic acids is 4. The highest BCUT2D eigenvalue weighted by Gasteiger charge is 2.17. The maximum atomic E-state index is 13.0. The summed E-state index contributed by atoms with van der Waals surface area (Å²) in [6.07, 6.45) is 16.2. The van der Waals surface area contributed by atoms with Gasteiger partial charge in [0.05, 0.1) is 57.2 Å². The van der Waals surface area contributed by atoms with Gasteiger partial charge in [-0.15, -0.1) is 0 Å². The summed E-state index contributed by atoms with van der Waals surface area (Å²) in [7, 11) is -2.78. The Kier molecular flexibility index (Phi) is 28.7. The Morgan fingerprint density at radius 2 is 1.09 bits per heavy atom. The molecule has 0 aliphatic carbocycles. The molecule has 0 atom stereocenters. The first-order valence-corrected chi connectivity index (χ1v) is 24.6. The lowest BCUT2D eigenvalue weighted by molar-refractivity contribution is -0.146. The molecule has 5 N–H and O–H groups in total. The van der Waals surface area contributed by atoms with Gasteiger partial charge in [-0.3, -0.25) is 19.2 Å². The molecule has 3 rings (SSSR count). The average molecular weight is 973 g/mol. The maximum Gasteiger partial charge on any atom is 0.331 e. The Morgan fingerprint density at radius 3 is 1.66 bits per heavy atom. The second kappa shape index (κ2) is 34.5. The maximum absolute atomic E-state index is 13.0. The summed E-state index contributed by atoms with van der Waals surface area (Å²) in [5, 5.41) is 16.6. The number of anilines is 1. The number of unbranched alkanes of at least 4 members (excludes halogenated alkanes) is 10. The van der Waals surface area contributed by atoms with Gasteiger partial charge in [0.2, 0.25) is 17.8 Å². The van der Waals surface area contributed by atoms with Crippen molar-refractivity contribution in [3.63, 3.8) is 0 Å². The predicted molar refractivity (Wildman–Crippen MR) is 251 cm³/mol. The molecule has 20 nitrogen and oxygen atoms in total. The van der Waals surface area contributed by atoms with Crippen LogP contribution in [-0.4, -0.2) is 133 Å². The van der Waals surface area contributed by atoms with E-state index in [1.165, 1.54) is 82.1 Å². The van der Waals surface area contributed by atoms with Gasteiger partial charge in [-0.1, -0.05) is 69.9 Å². The van der Waals surface area contributed by atoms with E-state index in [1.54, 1.807) is 12.1 Å². The van der Waals surface area contributed by atoms with Crippen LogP contribution in [0.2, 0.25) is 0 Å². The second-order valence-corrected chi connectivity index (χ2v) is 17.2. The number of carboxylic acid groups (broad SMARTS) is 1. The minimum atomic E-state index is -4.05. The summed E-state index contributed by atoms with van der Waals surface area (Å²) in [6.45, 7) is 1.59. The van der Waals surface area contributed by atoms with Crippen molar-refractivity contribution in [2.24, 2.45) is 0 Å². The molecule has 0 radical (unpaired) electrons. The van der Waals surface area contributed by atoms with Crippen LogP contribution in [0.4, 0.5) is 5.95 Å². The highest BCUT2D eigenvalue weighted by Crippen LogP contribution is 2.25. The summed E-state index contributed by atoms with van der Waals surface area (Å²) in [4.78, 5) is 65.9. The van der Waals surface area contributed by atoms with E-state index in [1.807, 2.05) is 24.3 Å². The zero-order valence-corrected chi connectivity index (χ0v) is 39.8. The Hall–Kier alpha value is -5.74. The summed E-state index contributed by atoms with van der Waals surface area (Å²) in [6, 6.07) is 13.8. The van der Waals surface area contributed by atoms with E-state index in [-0.39, 0.29) is 114 Å². The lowest BCUT2D eigenvalue weighted by Gasteiger charge is -2.10. The third-order valence-corrected chi connectivity index (χ3v) is 11.3. The summed E-state index contributed by atoms with van der Waals surface area (Å²) >= 11 is 0. The minimum absolute atomic E-state index is 0.00183. The van der Waals surface area contributed by atoms with Crippen LogP contribution in [0.25, 0.3) is 0 Å². The Morgan fingerprint density at radius 1 is 0.574 bits per heavy atom. The number of ether oxygens (including phenoxy) is 6. The molecule has 0 unspecified atom stereocenters. The van der Waals surface area contributed by atoms with Crippen LogP contribution >= 0.6 is 0 Å². The first-order valence-electron chi connectivity index (χ1n) is 23.1. The molecule has 1 aromatic heterocycles. The molecule has 1 heterocycles. The van der Waals surface area contributed by atoms with Gasteiger partial charge in [-0.05, 0) is 61.2 Å². The number of aryl methyl sites for hydroxylation is 1. The molecule has 0 aliphatic heterocycles. The van der Waals surface area contributed by atoms with Crippen molar-refractivity contribution in [3.8, 4) is 11.5 Å². The van der Waals surface area contributed by atoms with Crippen LogP contribution < -0.4 is 25.4 Å². The van der Waals surface area contributed by atoms with Crippen LogP contribution in [0.3, 0.4) is 0 Å². The zero-order valence-electron chi connectivity index (χ0n) is 39.0. The van der Waals surface area contributed by atoms with Crippen LogP contribution in [-0.2, 0) is 59.3 Å². The van der Waals surface area contributed by atoms with E-state index in [2.05, 4.69) is 35.4 Å². The van der Waals surface area contributed by atoms with E-state index in [9.17, 15) is 32.4 Å². The van der Waals surface area contributed by atoms with Crippen LogP contribution in [0.15, 0.2) is 65.8 Å². The molecule has 3 aromatic rings. The smallest absolute Gasteiger partial charge is 0.331 e. The van der Waals surface area contributed by atoms with Crippen LogP contribution in [0.5, 0.6) is 11.5 Å². The number of carboxylic acids is 1. The standard InChI is InChI=1S/C47H68N6O14S/c1-62-45(58)36-66-32-30-64-28-26-49-43(55)35-65-31-29-63-27-25-48-42(54)23-24-50-46(59)38-33-51-47(52-34-38)53-68(60,61)41-21-19-40(20-22-41)67-39-17-15-37(16-18-39)13-11-9-7-5-3-2-4-6-8-10-12-14-44(56)57/h15-22,33-34H,2-14,23-32,35-36H2,1H3,(H,48,54)(H,49,55)(H,50,59)(H,56,57)(H,51,52,53). The molecule has 68 heavy (non-hydrogen) atoms. The number of hydrogen-bond acceptors (Lipinski definition) is 15. The van der Waals surface area contributed by atoms with Gasteiger partial charge in [-0.2, -0.15) is 0 Å². The summed E-state index contributed by atoms with van der Waals surface area (Å²) in [5.41, 5.74) is 1.30.